The molecule has 0 radical (unpaired) electrons. The van der Waals surface area contributed by atoms with Gasteiger partial charge in [-0.2, -0.15) is 0 Å². The van der Waals surface area contributed by atoms with Crippen molar-refractivity contribution >= 4 is 0 Å². The normalized spacial score (nSPS) is 7.67. The largest absolute Gasteiger partial charge is 0.516 e. The topological polar surface area (TPSA) is 46.2 Å². The predicted molar refractivity (Wildman–Crippen MR) is 41.0 cm³/mol. The Kier molecular flexibility index (Phi) is 11.9. The number of rotatable bonds is 1. The highest BCUT2D eigenvalue weighted by molar-refractivity contribution is 5.08. The fraction of sp³-hybridized carbons (Fsp3) is 0.143. The fourth-order valence-electron chi connectivity index (χ4n) is 0.164. The average Bonchev–Trinajstić information content (AvgIpc) is 1.67. The van der Waals surface area contributed by atoms with E-state index in [0.717, 1.165) is 11.8 Å². The maximum Gasteiger partial charge on any atom is 0.0719 e. The third-order valence-electron chi connectivity index (χ3n) is 0.381. The number of hydrogen-bond donors (Lipinski definition) is 2. The molecule has 2 heteroatoms. The molecule has 2 nitrogen and oxygen atoms in total. The van der Waals surface area contributed by atoms with Gasteiger partial charge >= 0.3 is 0 Å². The lowest BCUT2D eigenvalue weighted by molar-refractivity contribution is 0.476. The van der Waals surface area contributed by atoms with Gasteiger partial charge in [-0.25, -0.2) is 0 Å². The Bertz CT molecular complexity index is 105. The molecule has 9 heavy (non-hydrogen) atoms. The predicted octanol–water partition coefficient (Wildman–Crippen LogP) is 1.72. The van der Waals surface area contributed by atoms with Crippen molar-refractivity contribution in [2.45, 2.75) is 6.92 Å². The van der Waals surface area contributed by atoms with Gasteiger partial charge in [0.25, 0.3) is 0 Å². The minimum Gasteiger partial charge on any atom is -0.516 e. The Balaban J connectivity index is 0. The van der Waals surface area contributed by atoms with Gasteiger partial charge in [-0.1, -0.05) is 18.7 Å². The minimum atomic E-state index is 0.750. The van der Waals surface area contributed by atoms with Gasteiger partial charge in [-0.15, -0.1) is 0 Å². The fourth-order valence-corrected chi connectivity index (χ4v) is 0.164. The van der Waals surface area contributed by atoms with E-state index in [0.29, 0.717) is 0 Å². The molecule has 0 rings (SSSR count). The van der Waals surface area contributed by atoms with Crippen LogP contribution in [0.5, 0.6) is 0 Å². The van der Waals surface area contributed by atoms with Gasteiger partial charge in [0.1, 0.15) is 0 Å². The smallest absolute Gasteiger partial charge is 0.0719 e. The molecule has 0 aromatic rings. The molecule has 0 unspecified atom stereocenters. The van der Waals surface area contributed by atoms with Crippen molar-refractivity contribution in [3.8, 4) is 0 Å². The van der Waals surface area contributed by atoms with Crippen LogP contribution in [-0.4, -0.2) is 5.11 Å². The molecular formula is C7H13NO. The van der Waals surface area contributed by atoms with Crippen LogP contribution < -0.4 is 5.73 Å². The summed E-state index contributed by atoms with van der Waals surface area (Å²) in [4.78, 5) is 0. The number of nitrogens with two attached hydrogens (primary N) is 1. The third-order valence-corrected chi connectivity index (χ3v) is 0.381. The molecule has 0 aromatic carbocycles. The molecule has 0 aliphatic heterocycles. The highest BCUT2D eigenvalue weighted by atomic mass is 16.2. The van der Waals surface area contributed by atoms with Crippen molar-refractivity contribution in [1.82, 2.24) is 0 Å². The zero-order valence-electron chi connectivity index (χ0n) is 5.67. The van der Waals surface area contributed by atoms with Crippen LogP contribution in [0.2, 0.25) is 0 Å². The van der Waals surface area contributed by atoms with E-state index in [1.165, 1.54) is 6.20 Å². The SMILES string of the molecule is C=C(C)/C=C/N.C=CO. The first-order valence-corrected chi connectivity index (χ1v) is 2.48. The second-order valence-electron chi connectivity index (χ2n) is 1.39. The summed E-state index contributed by atoms with van der Waals surface area (Å²) < 4.78 is 0. The number of allylic oxidation sites excluding steroid dienone is 2. The van der Waals surface area contributed by atoms with Crippen molar-refractivity contribution in [3.63, 3.8) is 0 Å². The van der Waals surface area contributed by atoms with E-state index < -0.39 is 0 Å². The zero-order chi connectivity index (χ0) is 7.70. The molecule has 0 saturated heterocycles. The molecule has 0 atom stereocenters. The van der Waals surface area contributed by atoms with Gasteiger partial charge in [0.05, 0.1) is 6.26 Å². The van der Waals surface area contributed by atoms with Crippen LogP contribution in [0, 0.1) is 0 Å². The van der Waals surface area contributed by atoms with Crippen LogP contribution in [0.25, 0.3) is 0 Å². The van der Waals surface area contributed by atoms with E-state index in [2.05, 4.69) is 13.2 Å². The molecule has 0 fully saturated rings. The Morgan fingerprint density at radius 3 is 2.00 bits per heavy atom. The summed E-state index contributed by atoms with van der Waals surface area (Å²) in [5, 5.41) is 7.33. The molecule has 52 valence electrons. The van der Waals surface area contributed by atoms with Crippen LogP contribution in [0.3, 0.4) is 0 Å². The quantitative estimate of drug-likeness (QED) is 0.416. The Labute approximate surface area is 56.0 Å². The Hall–Kier alpha value is -1.18. The highest BCUT2D eigenvalue weighted by Gasteiger charge is 1.64. The van der Waals surface area contributed by atoms with E-state index in [1.807, 2.05) is 6.92 Å². The molecule has 0 bridgehead atoms. The Morgan fingerprint density at radius 1 is 1.67 bits per heavy atom. The lowest BCUT2D eigenvalue weighted by atomic mass is 10.3. The van der Waals surface area contributed by atoms with E-state index in [-0.39, 0.29) is 0 Å². The molecule has 0 heterocycles. The number of hydrogen-bond acceptors (Lipinski definition) is 2. The van der Waals surface area contributed by atoms with Gasteiger partial charge in [0.15, 0.2) is 0 Å². The van der Waals surface area contributed by atoms with Crippen LogP contribution in [-0.2, 0) is 0 Å². The van der Waals surface area contributed by atoms with E-state index in [1.54, 1.807) is 6.08 Å². The minimum absolute atomic E-state index is 0.750. The molecule has 0 spiro atoms. The summed E-state index contributed by atoms with van der Waals surface area (Å²) in [6, 6.07) is 0. The van der Waals surface area contributed by atoms with Gasteiger partial charge in [-0.3, -0.25) is 0 Å². The second-order valence-corrected chi connectivity index (χ2v) is 1.39. The van der Waals surface area contributed by atoms with Gasteiger partial charge < -0.3 is 10.8 Å². The summed E-state index contributed by atoms with van der Waals surface area (Å²) in [5.74, 6) is 0. The molecular weight excluding hydrogens is 114 g/mol. The molecule has 0 saturated carbocycles. The Morgan fingerprint density at radius 2 is 2.00 bits per heavy atom. The lowest BCUT2D eigenvalue weighted by Crippen LogP contribution is -1.74. The maximum absolute atomic E-state index is 7.33. The maximum atomic E-state index is 7.33. The molecule has 3 N–H and O–H groups in total. The van der Waals surface area contributed by atoms with Gasteiger partial charge in [0.2, 0.25) is 0 Å². The first-order valence-electron chi connectivity index (χ1n) is 2.48. The van der Waals surface area contributed by atoms with Gasteiger partial charge in [0, 0.05) is 0 Å². The molecule has 0 aromatic heterocycles. The first-order chi connectivity index (χ1) is 4.18. The standard InChI is InChI=1S/C5H9N.C2H4O/c1-5(2)3-4-6;1-2-3/h3-4H,1,6H2,2H3;2-3H,1H2/b4-3+;. The van der Waals surface area contributed by atoms with E-state index in [4.69, 9.17) is 10.8 Å². The van der Waals surface area contributed by atoms with E-state index in [9.17, 15) is 0 Å². The molecule has 0 aliphatic carbocycles. The summed E-state index contributed by atoms with van der Waals surface area (Å²) in [5.41, 5.74) is 5.97. The van der Waals surface area contributed by atoms with E-state index >= 15 is 0 Å². The summed E-state index contributed by atoms with van der Waals surface area (Å²) in [7, 11) is 0. The van der Waals surface area contributed by atoms with Crippen LogP contribution in [0.4, 0.5) is 0 Å². The van der Waals surface area contributed by atoms with Crippen LogP contribution >= 0.6 is 0 Å². The van der Waals surface area contributed by atoms with Crippen molar-refractivity contribution in [2.24, 2.45) is 5.73 Å². The van der Waals surface area contributed by atoms with Gasteiger partial charge in [-0.05, 0) is 19.2 Å². The number of aliphatic hydroxyl groups excluding tert-OH is 1. The monoisotopic (exact) mass is 127 g/mol. The summed E-state index contributed by atoms with van der Waals surface area (Å²) in [6.45, 7) is 8.39. The summed E-state index contributed by atoms with van der Waals surface area (Å²) in [6.07, 6.45) is 3.97. The van der Waals surface area contributed by atoms with Crippen molar-refractivity contribution < 1.29 is 5.11 Å². The molecule has 0 aliphatic rings. The highest BCUT2D eigenvalue weighted by Crippen LogP contribution is 1.83. The zero-order valence-corrected chi connectivity index (χ0v) is 5.67. The van der Waals surface area contributed by atoms with Crippen LogP contribution in [0.1, 0.15) is 6.92 Å². The van der Waals surface area contributed by atoms with Crippen LogP contribution in [0.15, 0.2) is 37.3 Å². The van der Waals surface area contributed by atoms with Crippen molar-refractivity contribution in [3.05, 3.63) is 37.3 Å². The second kappa shape index (κ2) is 9.94. The summed E-state index contributed by atoms with van der Waals surface area (Å²) >= 11 is 0. The van der Waals surface area contributed by atoms with Crippen molar-refractivity contribution in [2.75, 3.05) is 0 Å². The lowest BCUT2D eigenvalue weighted by Gasteiger charge is -1.76. The third kappa shape index (κ3) is 47.8. The van der Waals surface area contributed by atoms with Crippen molar-refractivity contribution in [1.29, 1.82) is 0 Å². The molecule has 0 amide bonds. The first kappa shape index (κ1) is 10.7. The average molecular weight is 127 g/mol. The number of aliphatic hydroxyl groups is 1.